The van der Waals surface area contributed by atoms with Gasteiger partial charge in [0, 0.05) is 41.8 Å². The Labute approximate surface area is 195 Å². The smallest absolute Gasteiger partial charge is 0.325 e. The molecule has 1 aliphatic heterocycles. The number of carbonyl (C=O) groups is 3. The molecule has 2 aromatic heterocycles. The molecule has 0 saturated carbocycles. The highest BCUT2D eigenvalue weighted by Crippen LogP contribution is 2.29. The normalized spacial score (nSPS) is 12.8. The van der Waals surface area contributed by atoms with Crippen LogP contribution in [0.3, 0.4) is 0 Å². The highest BCUT2D eigenvalue weighted by atomic mass is 32.1. The van der Waals surface area contributed by atoms with E-state index in [0.29, 0.717) is 41.5 Å². The van der Waals surface area contributed by atoms with Crippen molar-refractivity contribution in [2.24, 2.45) is 0 Å². The van der Waals surface area contributed by atoms with Crippen LogP contribution < -0.4 is 16.0 Å². The van der Waals surface area contributed by atoms with Gasteiger partial charge in [0.05, 0.1) is 23.5 Å². The minimum atomic E-state index is -0.490. The van der Waals surface area contributed by atoms with E-state index in [9.17, 15) is 14.4 Å². The summed E-state index contributed by atoms with van der Waals surface area (Å²) in [7, 11) is 0. The summed E-state index contributed by atoms with van der Waals surface area (Å²) in [5, 5.41) is 8.74. The van der Waals surface area contributed by atoms with Gasteiger partial charge < -0.3 is 15.5 Å². The SMILES string of the molecule is CC(C)NC(=O)c1ccccc1NC(=O)Nc1nc2c(s1)CN(C(=O)c1ccncc1)CC2. The van der Waals surface area contributed by atoms with Crippen LogP contribution in [-0.2, 0) is 13.0 Å². The third-order valence-corrected chi connectivity index (χ3v) is 6.00. The maximum Gasteiger partial charge on any atom is 0.325 e. The van der Waals surface area contributed by atoms with E-state index in [0.717, 1.165) is 10.6 Å². The molecule has 0 aliphatic carbocycles. The fraction of sp³-hybridized carbons (Fsp3) is 0.261. The first-order valence-corrected chi connectivity index (χ1v) is 11.4. The van der Waals surface area contributed by atoms with Gasteiger partial charge in [-0.15, -0.1) is 0 Å². The van der Waals surface area contributed by atoms with Crippen LogP contribution in [0.2, 0.25) is 0 Å². The van der Waals surface area contributed by atoms with E-state index in [1.807, 2.05) is 13.8 Å². The number of nitrogens with zero attached hydrogens (tertiary/aromatic N) is 3. The summed E-state index contributed by atoms with van der Waals surface area (Å²) >= 11 is 1.34. The molecule has 3 aromatic rings. The molecule has 0 unspecified atom stereocenters. The Morgan fingerprint density at radius 1 is 1.06 bits per heavy atom. The number of anilines is 2. The average molecular weight is 465 g/mol. The summed E-state index contributed by atoms with van der Waals surface area (Å²) in [6.07, 6.45) is 3.81. The predicted octanol–water partition coefficient (Wildman–Crippen LogP) is 3.52. The van der Waals surface area contributed by atoms with Crippen molar-refractivity contribution in [3.05, 3.63) is 70.5 Å². The number of rotatable bonds is 5. The molecule has 1 aliphatic rings. The highest BCUT2D eigenvalue weighted by molar-refractivity contribution is 7.15. The fourth-order valence-electron chi connectivity index (χ4n) is 3.48. The molecular weight excluding hydrogens is 440 g/mol. The van der Waals surface area contributed by atoms with Crippen LogP contribution in [0.5, 0.6) is 0 Å². The van der Waals surface area contributed by atoms with Crippen LogP contribution in [0, 0.1) is 0 Å². The van der Waals surface area contributed by atoms with Crippen molar-refractivity contribution in [1.82, 2.24) is 20.2 Å². The molecule has 0 radical (unpaired) electrons. The van der Waals surface area contributed by atoms with Gasteiger partial charge in [0.25, 0.3) is 11.8 Å². The molecule has 170 valence electrons. The van der Waals surface area contributed by atoms with E-state index in [2.05, 4.69) is 25.9 Å². The molecule has 4 amide bonds. The molecule has 3 heterocycles. The number of para-hydroxylation sites is 1. The Morgan fingerprint density at radius 2 is 1.82 bits per heavy atom. The van der Waals surface area contributed by atoms with Gasteiger partial charge in [0.2, 0.25) is 0 Å². The summed E-state index contributed by atoms with van der Waals surface area (Å²) in [6.45, 7) is 4.74. The van der Waals surface area contributed by atoms with Crippen molar-refractivity contribution < 1.29 is 14.4 Å². The van der Waals surface area contributed by atoms with Crippen LogP contribution >= 0.6 is 11.3 Å². The molecule has 10 heteroatoms. The number of carbonyl (C=O) groups excluding carboxylic acids is 3. The van der Waals surface area contributed by atoms with Gasteiger partial charge >= 0.3 is 6.03 Å². The number of pyridine rings is 1. The first-order valence-electron chi connectivity index (χ1n) is 10.6. The summed E-state index contributed by atoms with van der Waals surface area (Å²) in [4.78, 5) is 48.9. The first-order chi connectivity index (χ1) is 15.9. The maximum atomic E-state index is 12.7. The summed E-state index contributed by atoms with van der Waals surface area (Å²) in [5.41, 5.74) is 2.26. The lowest BCUT2D eigenvalue weighted by atomic mass is 10.1. The minimum absolute atomic E-state index is 0.0222. The fourth-order valence-corrected chi connectivity index (χ4v) is 4.50. The quantitative estimate of drug-likeness (QED) is 0.534. The van der Waals surface area contributed by atoms with Gasteiger partial charge in [-0.05, 0) is 38.1 Å². The number of fused-ring (bicyclic) bond motifs is 1. The van der Waals surface area contributed by atoms with Crippen LogP contribution in [-0.4, -0.2) is 45.3 Å². The van der Waals surface area contributed by atoms with Gasteiger partial charge in [-0.1, -0.05) is 23.5 Å². The largest absolute Gasteiger partial charge is 0.350 e. The second kappa shape index (κ2) is 9.78. The van der Waals surface area contributed by atoms with Crippen molar-refractivity contribution in [3.63, 3.8) is 0 Å². The maximum absolute atomic E-state index is 12.7. The van der Waals surface area contributed by atoms with Crippen LogP contribution in [0.15, 0.2) is 48.8 Å². The zero-order valence-electron chi connectivity index (χ0n) is 18.3. The lowest BCUT2D eigenvalue weighted by Crippen LogP contribution is -2.35. The second-order valence-electron chi connectivity index (χ2n) is 7.85. The van der Waals surface area contributed by atoms with E-state index in [4.69, 9.17) is 0 Å². The predicted molar refractivity (Wildman–Crippen MR) is 126 cm³/mol. The molecule has 9 nitrogen and oxygen atoms in total. The van der Waals surface area contributed by atoms with Crippen molar-refractivity contribution in [3.8, 4) is 0 Å². The molecule has 0 atom stereocenters. The van der Waals surface area contributed by atoms with E-state index in [-0.39, 0.29) is 17.9 Å². The monoisotopic (exact) mass is 464 g/mol. The van der Waals surface area contributed by atoms with Gasteiger partial charge in [-0.3, -0.25) is 19.9 Å². The van der Waals surface area contributed by atoms with Crippen LogP contribution in [0.1, 0.15) is 45.1 Å². The molecule has 4 rings (SSSR count). The number of amides is 4. The van der Waals surface area contributed by atoms with E-state index in [1.165, 1.54) is 11.3 Å². The van der Waals surface area contributed by atoms with Crippen molar-refractivity contribution in [1.29, 1.82) is 0 Å². The number of benzene rings is 1. The van der Waals surface area contributed by atoms with Crippen molar-refractivity contribution in [2.75, 3.05) is 17.2 Å². The molecule has 0 spiro atoms. The number of nitrogens with one attached hydrogen (secondary N) is 3. The standard InChI is InChI=1S/C23H24N6O3S/c1-14(2)25-20(30)16-5-3-4-6-17(16)26-22(32)28-23-27-18-9-12-29(13-19(18)33-23)21(31)15-7-10-24-11-8-15/h3-8,10-11,14H,9,12-13H2,1-2H3,(H,25,30)(H2,26,27,28,32). The molecule has 1 aromatic carbocycles. The number of hydrogen-bond donors (Lipinski definition) is 3. The van der Waals surface area contributed by atoms with E-state index < -0.39 is 6.03 Å². The highest BCUT2D eigenvalue weighted by Gasteiger charge is 2.25. The molecule has 0 bridgehead atoms. The topological polar surface area (TPSA) is 116 Å². The number of hydrogen-bond acceptors (Lipinski definition) is 6. The second-order valence-corrected chi connectivity index (χ2v) is 8.94. The molecule has 0 saturated heterocycles. The number of urea groups is 1. The van der Waals surface area contributed by atoms with E-state index in [1.54, 1.807) is 53.7 Å². The summed E-state index contributed by atoms with van der Waals surface area (Å²) in [6, 6.07) is 9.70. The Hall–Kier alpha value is -3.79. The Balaban J connectivity index is 1.41. The lowest BCUT2D eigenvalue weighted by Gasteiger charge is -2.26. The third-order valence-electron chi connectivity index (χ3n) is 5.01. The Kier molecular flexibility index (Phi) is 6.64. The molecule has 3 N–H and O–H groups in total. The number of thiazole rings is 1. The van der Waals surface area contributed by atoms with Gasteiger partial charge in [0.15, 0.2) is 5.13 Å². The molecular formula is C23H24N6O3S. The van der Waals surface area contributed by atoms with Gasteiger partial charge in [-0.2, -0.15) is 0 Å². The Morgan fingerprint density at radius 3 is 2.58 bits per heavy atom. The van der Waals surface area contributed by atoms with Crippen LogP contribution in [0.4, 0.5) is 15.6 Å². The molecule has 0 fully saturated rings. The number of aromatic nitrogens is 2. The summed E-state index contributed by atoms with van der Waals surface area (Å²) in [5.74, 6) is -0.315. The third kappa shape index (κ3) is 5.35. The Bertz CT molecular complexity index is 1180. The summed E-state index contributed by atoms with van der Waals surface area (Å²) < 4.78 is 0. The van der Waals surface area contributed by atoms with E-state index >= 15 is 0 Å². The first kappa shape index (κ1) is 22.4. The molecule has 33 heavy (non-hydrogen) atoms. The van der Waals surface area contributed by atoms with Crippen LogP contribution in [0.25, 0.3) is 0 Å². The lowest BCUT2D eigenvalue weighted by molar-refractivity contribution is 0.0735. The van der Waals surface area contributed by atoms with Crippen molar-refractivity contribution in [2.45, 2.75) is 32.9 Å². The van der Waals surface area contributed by atoms with Crippen molar-refractivity contribution >= 4 is 40.0 Å². The minimum Gasteiger partial charge on any atom is -0.350 e. The zero-order chi connectivity index (χ0) is 23.4. The van der Waals surface area contributed by atoms with Gasteiger partial charge in [0.1, 0.15) is 0 Å². The zero-order valence-corrected chi connectivity index (χ0v) is 19.1. The average Bonchev–Trinajstić information content (AvgIpc) is 3.20. The van der Waals surface area contributed by atoms with Gasteiger partial charge in [-0.25, -0.2) is 9.78 Å².